The van der Waals surface area contributed by atoms with E-state index in [-0.39, 0.29) is 17.1 Å². The van der Waals surface area contributed by atoms with Crippen molar-refractivity contribution >= 4 is 17.2 Å². The van der Waals surface area contributed by atoms with Crippen molar-refractivity contribution in [1.29, 1.82) is 0 Å². The van der Waals surface area contributed by atoms with E-state index in [1.54, 1.807) is 12.1 Å². The van der Waals surface area contributed by atoms with Gasteiger partial charge in [-0.15, -0.1) is 5.10 Å². The summed E-state index contributed by atoms with van der Waals surface area (Å²) in [5.74, 6) is 0.664. The molecule has 0 aliphatic carbocycles. The molecular formula is C17H17F3N4O2S. The van der Waals surface area contributed by atoms with Gasteiger partial charge >= 0.3 is 6.18 Å². The highest BCUT2D eigenvalue weighted by Gasteiger charge is 2.36. The smallest absolute Gasteiger partial charge is 0.430 e. The van der Waals surface area contributed by atoms with Crippen LogP contribution in [-0.2, 0) is 6.18 Å². The second-order valence-electron chi connectivity index (χ2n) is 6.72. The number of benzene rings is 1. The van der Waals surface area contributed by atoms with Gasteiger partial charge in [-0.25, -0.2) is 0 Å². The average Bonchev–Trinajstić information content (AvgIpc) is 3.12. The van der Waals surface area contributed by atoms with Crippen molar-refractivity contribution in [3.63, 3.8) is 0 Å². The first kappa shape index (κ1) is 18.2. The number of halogens is 3. The summed E-state index contributed by atoms with van der Waals surface area (Å²) in [6.45, 7) is 3.09. The van der Waals surface area contributed by atoms with Crippen LogP contribution in [0, 0.1) is 5.92 Å². The van der Waals surface area contributed by atoms with Crippen LogP contribution in [-0.4, -0.2) is 46.7 Å². The molecule has 2 aromatic rings. The second-order valence-corrected chi connectivity index (χ2v) is 7.66. The van der Waals surface area contributed by atoms with Gasteiger partial charge in [-0.2, -0.15) is 13.2 Å². The van der Waals surface area contributed by atoms with Crippen LogP contribution in [0.1, 0.15) is 28.2 Å². The maximum absolute atomic E-state index is 12.5. The van der Waals surface area contributed by atoms with Crippen LogP contribution in [0.3, 0.4) is 0 Å². The average molecular weight is 398 g/mol. The topological polar surface area (TPSA) is 67.4 Å². The van der Waals surface area contributed by atoms with E-state index < -0.39 is 11.2 Å². The molecule has 5 rings (SSSR count). The zero-order valence-corrected chi connectivity index (χ0v) is 15.0. The van der Waals surface area contributed by atoms with Gasteiger partial charge in [0.25, 0.3) is 11.1 Å². The van der Waals surface area contributed by atoms with E-state index in [9.17, 15) is 18.0 Å². The number of alkyl halides is 3. The van der Waals surface area contributed by atoms with Gasteiger partial charge in [0.15, 0.2) is 0 Å². The minimum atomic E-state index is -4.55. The van der Waals surface area contributed by atoms with Gasteiger partial charge in [0, 0.05) is 18.2 Å². The van der Waals surface area contributed by atoms with E-state index >= 15 is 0 Å². The Balaban J connectivity index is 1.37. The van der Waals surface area contributed by atoms with Crippen LogP contribution in [0.4, 0.5) is 13.2 Å². The van der Waals surface area contributed by atoms with Crippen LogP contribution in [0.25, 0.3) is 0 Å². The molecule has 6 nitrogen and oxygen atoms in total. The molecule has 0 spiro atoms. The van der Waals surface area contributed by atoms with Crippen molar-refractivity contribution < 1.29 is 22.7 Å². The molecule has 4 heterocycles. The first-order chi connectivity index (χ1) is 12.9. The number of hydrogen-bond donors (Lipinski definition) is 1. The monoisotopic (exact) mass is 398 g/mol. The number of nitrogens with one attached hydrogen (secondary N) is 1. The van der Waals surface area contributed by atoms with Crippen molar-refractivity contribution in [2.24, 2.45) is 5.92 Å². The Bertz CT molecular complexity index is 816. The quantitative estimate of drug-likeness (QED) is 0.857. The fourth-order valence-corrected chi connectivity index (χ4v) is 4.10. The van der Waals surface area contributed by atoms with E-state index in [0.717, 1.165) is 32.5 Å². The number of aromatic nitrogens is 2. The van der Waals surface area contributed by atoms with E-state index in [1.165, 1.54) is 12.1 Å². The number of piperidine rings is 3. The van der Waals surface area contributed by atoms with Crippen LogP contribution < -0.4 is 10.1 Å². The van der Waals surface area contributed by atoms with Crippen molar-refractivity contribution in [1.82, 2.24) is 20.4 Å². The Hall–Kier alpha value is -2.20. The Morgan fingerprint density at radius 1 is 1.19 bits per heavy atom. The third-order valence-electron chi connectivity index (χ3n) is 4.94. The number of fused-ring (bicyclic) bond motifs is 3. The summed E-state index contributed by atoms with van der Waals surface area (Å²) in [7, 11) is 0. The molecule has 3 saturated heterocycles. The first-order valence-corrected chi connectivity index (χ1v) is 9.42. The van der Waals surface area contributed by atoms with Crippen molar-refractivity contribution in [3.8, 4) is 10.9 Å². The van der Waals surface area contributed by atoms with Crippen LogP contribution in [0.15, 0.2) is 24.3 Å². The minimum Gasteiger partial charge on any atom is -0.430 e. The molecule has 144 valence electrons. The molecule has 1 atom stereocenters. The van der Waals surface area contributed by atoms with Gasteiger partial charge in [-0.05, 0) is 56.1 Å². The SMILES string of the molecule is O=C(NC1CN2CCC1CC2)c1ccc(Oc2nnc(C(F)(F)F)s2)cc1. The number of carbonyl (C=O) groups excluding carboxylic acids is 1. The minimum absolute atomic E-state index is 0.157. The fraction of sp³-hybridized carbons (Fsp3) is 0.471. The number of ether oxygens (including phenoxy) is 1. The van der Waals surface area contributed by atoms with E-state index in [2.05, 4.69) is 20.4 Å². The third-order valence-corrected chi connectivity index (χ3v) is 5.79. The van der Waals surface area contributed by atoms with Crippen LogP contribution in [0.2, 0.25) is 0 Å². The molecule has 3 fully saturated rings. The molecule has 1 aromatic heterocycles. The van der Waals surface area contributed by atoms with Gasteiger partial charge < -0.3 is 15.0 Å². The van der Waals surface area contributed by atoms with Crippen LogP contribution >= 0.6 is 11.3 Å². The Labute approximate surface area is 157 Å². The molecule has 3 aliphatic rings. The Morgan fingerprint density at radius 3 is 2.44 bits per heavy atom. The molecule has 2 bridgehead atoms. The van der Waals surface area contributed by atoms with Gasteiger partial charge in [0.2, 0.25) is 5.01 Å². The summed E-state index contributed by atoms with van der Waals surface area (Å²) < 4.78 is 42.9. The third kappa shape index (κ3) is 4.06. The summed E-state index contributed by atoms with van der Waals surface area (Å²) in [4.78, 5) is 14.8. The zero-order valence-electron chi connectivity index (χ0n) is 14.2. The molecule has 27 heavy (non-hydrogen) atoms. The lowest BCUT2D eigenvalue weighted by molar-refractivity contribution is -0.138. The number of carbonyl (C=O) groups is 1. The van der Waals surface area contributed by atoms with E-state index in [1.807, 2.05) is 0 Å². The first-order valence-electron chi connectivity index (χ1n) is 8.60. The molecule has 1 unspecified atom stereocenters. The Kier molecular flexibility index (Phi) is 4.77. The highest BCUT2D eigenvalue weighted by Crippen LogP contribution is 2.35. The van der Waals surface area contributed by atoms with Gasteiger partial charge in [-0.3, -0.25) is 4.79 Å². The number of nitrogens with zero attached hydrogens (tertiary/aromatic N) is 3. The van der Waals surface area contributed by atoms with Gasteiger partial charge in [0.05, 0.1) is 0 Å². The van der Waals surface area contributed by atoms with Crippen molar-refractivity contribution in [2.45, 2.75) is 25.1 Å². The van der Waals surface area contributed by atoms with Gasteiger partial charge in [-0.1, -0.05) is 16.4 Å². The fourth-order valence-electron chi connectivity index (χ4n) is 3.52. The molecule has 3 aliphatic heterocycles. The van der Waals surface area contributed by atoms with Gasteiger partial charge in [0.1, 0.15) is 5.75 Å². The number of amides is 1. The standard InChI is InChI=1S/C17H17F3N4O2S/c18-17(19,20)15-22-23-16(27-15)26-12-3-1-11(2-4-12)14(25)21-13-9-24-7-5-10(13)6-8-24/h1-4,10,13H,5-9H2,(H,21,25). The zero-order chi connectivity index (χ0) is 19.0. The summed E-state index contributed by atoms with van der Waals surface area (Å²) in [5, 5.41) is 8.26. The molecule has 0 radical (unpaired) electrons. The lowest BCUT2D eigenvalue weighted by atomic mass is 9.84. The van der Waals surface area contributed by atoms with Crippen molar-refractivity contribution in [2.75, 3.05) is 19.6 Å². The summed E-state index contributed by atoms with van der Waals surface area (Å²) in [5.41, 5.74) is 0.479. The number of hydrogen-bond acceptors (Lipinski definition) is 6. The highest BCUT2D eigenvalue weighted by atomic mass is 32.1. The highest BCUT2D eigenvalue weighted by molar-refractivity contribution is 7.13. The maximum atomic E-state index is 12.5. The summed E-state index contributed by atoms with van der Waals surface area (Å²) in [6.07, 6.45) is -2.32. The molecular weight excluding hydrogens is 381 g/mol. The molecule has 0 saturated carbocycles. The largest absolute Gasteiger partial charge is 0.445 e. The van der Waals surface area contributed by atoms with E-state index in [0.29, 0.717) is 28.6 Å². The molecule has 10 heteroatoms. The van der Waals surface area contributed by atoms with Crippen LogP contribution in [0.5, 0.6) is 10.9 Å². The van der Waals surface area contributed by atoms with E-state index in [4.69, 9.17) is 4.74 Å². The van der Waals surface area contributed by atoms with Crippen molar-refractivity contribution in [3.05, 3.63) is 34.8 Å². The summed E-state index contributed by atoms with van der Waals surface area (Å²) in [6, 6.07) is 6.38. The molecule has 1 aromatic carbocycles. The summed E-state index contributed by atoms with van der Waals surface area (Å²) >= 11 is 0.322. The lowest BCUT2D eigenvalue weighted by Crippen LogP contribution is -2.57. The Morgan fingerprint density at radius 2 is 1.89 bits per heavy atom. The predicted molar refractivity (Wildman–Crippen MR) is 91.8 cm³/mol. The predicted octanol–water partition coefficient (Wildman–Crippen LogP) is 3.17. The normalized spacial score (nSPS) is 24.6. The second kappa shape index (κ2) is 7.08. The lowest BCUT2D eigenvalue weighted by Gasteiger charge is -2.44. The maximum Gasteiger partial charge on any atom is 0.445 e. The molecule has 1 N–H and O–H groups in total. The molecule has 1 amide bonds. The number of rotatable bonds is 4.